The van der Waals surface area contributed by atoms with Crippen LogP contribution in [-0.2, 0) is 22.4 Å². The average Bonchev–Trinajstić information content (AvgIpc) is 2.78. The van der Waals surface area contributed by atoms with Crippen LogP contribution in [0.3, 0.4) is 0 Å². The van der Waals surface area contributed by atoms with Crippen LogP contribution in [0, 0.1) is 6.92 Å². The standard InChI is InChI=1S/C22H30BNO2/c1-17-9-7-8-10-19(17)16-24(6)15-18-11-13-20(14-12-18)23-25-21(2,3)22(4,5)26-23/h7-14H,15-16H2,1-6H3. The summed E-state index contributed by atoms with van der Waals surface area (Å²) < 4.78 is 12.3. The van der Waals surface area contributed by atoms with E-state index in [4.69, 9.17) is 9.31 Å². The lowest BCUT2D eigenvalue weighted by Gasteiger charge is -2.32. The quantitative estimate of drug-likeness (QED) is 0.762. The van der Waals surface area contributed by atoms with Crippen LogP contribution in [0.4, 0.5) is 0 Å². The highest BCUT2D eigenvalue weighted by Crippen LogP contribution is 2.36. The highest BCUT2D eigenvalue weighted by Gasteiger charge is 2.51. The molecule has 1 aliphatic rings. The summed E-state index contributed by atoms with van der Waals surface area (Å²) in [5, 5.41) is 0. The Kier molecular flexibility index (Phi) is 5.29. The van der Waals surface area contributed by atoms with E-state index in [1.54, 1.807) is 0 Å². The highest BCUT2D eigenvalue weighted by atomic mass is 16.7. The molecule has 2 aromatic rings. The van der Waals surface area contributed by atoms with Gasteiger partial charge in [-0.1, -0.05) is 48.5 Å². The molecule has 0 bridgehead atoms. The van der Waals surface area contributed by atoms with Gasteiger partial charge in [-0.15, -0.1) is 0 Å². The van der Waals surface area contributed by atoms with Gasteiger partial charge in [0.2, 0.25) is 0 Å². The predicted octanol–water partition coefficient (Wildman–Crippen LogP) is 3.93. The fourth-order valence-electron chi connectivity index (χ4n) is 3.21. The first-order valence-electron chi connectivity index (χ1n) is 9.35. The summed E-state index contributed by atoms with van der Waals surface area (Å²) in [6.07, 6.45) is 0. The molecule has 1 saturated heterocycles. The van der Waals surface area contributed by atoms with Crippen LogP contribution in [0.2, 0.25) is 0 Å². The molecule has 3 nitrogen and oxygen atoms in total. The van der Waals surface area contributed by atoms with E-state index in [1.165, 1.54) is 16.7 Å². The Labute approximate surface area is 158 Å². The highest BCUT2D eigenvalue weighted by molar-refractivity contribution is 6.62. The van der Waals surface area contributed by atoms with Crippen molar-refractivity contribution in [2.24, 2.45) is 0 Å². The Morgan fingerprint density at radius 1 is 0.846 bits per heavy atom. The van der Waals surface area contributed by atoms with Gasteiger partial charge in [0.1, 0.15) is 0 Å². The Hall–Kier alpha value is -1.62. The molecule has 4 heteroatoms. The molecule has 1 aliphatic heterocycles. The van der Waals surface area contributed by atoms with E-state index >= 15 is 0 Å². The fraction of sp³-hybridized carbons (Fsp3) is 0.455. The monoisotopic (exact) mass is 351 g/mol. The minimum Gasteiger partial charge on any atom is -0.399 e. The second kappa shape index (κ2) is 7.18. The van der Waals surface area contributed by atoms with Gasteiger partial charge in [0, 0.05) is 13.1 Å². The van der Waals surface area contributed by atoms with Gasteiger partial charge in [0.25, 0.3) is 0 Å². The molecule has 0 saturated carbocycles. The van der Waals surface area contributed by atoms with Crippen LogP contribution >= 0.6 is 0 Å². The van der Waals surface area contributed by atoms with Crippen molar-refractivity contribution < 1.29 is 9.31 Å². The normalized spacial score (nSPS) is 18.5. The number of hydrogen-bond acceptors (Lipinski definition) is 3. The second-order valence-corrected chi connectivity index (χ2v) is 8.43. The first-order valence-corrected chi connectivity index (χ1v) is 9.35. The first kappa shape index (κ1) is 19.2. The van der Waals surface area contributed by atoms with Crippen LogP contribution in [0.1, 0.15) is 44.4 Å². The molecule has 0 spiro atoms. The van der Waals surface area contributed by atoms with Crippen molar-refractivity contribution in [2.45, 2.75) is 58.9 Å². The molecule has 138 valence electrons. The molecule has 0 radical (unpaired) electrons. The van der Waals surface area contributed by atoms with E-state index in [9.17, 15) is 0 Å². The van der Waals surface area contributed by atoms with Crippen LogP contribution in [-0.4, -0.2) is 30.3 Å². The lowest BCUT2D eigenvalue weighted by atomic mass is 9.79. The lowest BCUT2D eigenvalue weighted by Crippen LogP contribution is -2.41. The Morgan fingerprint density at radius 2 is 1.42 bits per heavy atom. The van der Waals surface area contributed by atoms with Crippen molar-refractivity contribution in [3.63, 3.8) is 0 Å². The zero-order valence-electron chi connectivity index (χ0n) is 16.9. The summed E-state index contributed by atoms with van der Waals surface area (Å²) in [7, 11) is 1.87. The largest absolute Gasteiger partial charge is 0.494 e. The van der Waals surface area contributed by atoms with Crippen molar-refractivity contribution in [2.75, 3.05) is 7.05 Å². The maximum Gasteiger partial charge on any atom is 0.494 e. The van der Waals surface area contributed by atoms with Gasteiger partial charge in [0.15, 0.2) is 0 Å². The molecule has 1 fully saturated rings. The molecule has 0 unspecified atom stereocenters. The molecule has 0 N–H and O–H groups in total. The van der Waals surface area contributed by atoms with Gasteiger partial charge in [-0.05, 0) is 63.8 Å². The summed E-state index contributed by atoms with van der Waals surface area (Å²) in [4.78, 5) is 2.34. The molecular formula is C22H30BNO2. The number of hydrogen-bond donors (Lipinski definition) is 0. The van der Waals surface area contributed by atoms with Gasteiger partial charge in [-0.2, -0.15) is 0 Å². The first-order chi connectivity index (χ1) is 12.2. The van der Waals surface area contributed by atoms with E-state index in [1.807, 2.05) is 0 Å². The van der Waals surface area contributed by atoms with Gasteiger partial charge in [0.05, 0.1) is 11.2 Å². The molecule has 0 aliphatic carbocycles. The number of benzene rings is 2. The summed E-state index contributed by atoms with van der Waals surface area (Å²) in [5.41, 5.74) is 4.49. The van der Waals surface area contributed by atoms with Crippen molar-refractivity contribution in [3.05, 3.63) is 65.2 Å². The maximum absolute atomic E-state index is 6.13. The average molecular weight is 351 g/mol. The summed E-state index contributed by atoms with van der Waals surface area (Å²) >= 11 is 0. The fourth-order valence-corrected chi connectivity index (χ4v) is 3.21. The topological polar surface area (TPSA) is 21.7 Å². The molecule has 2 aromatic carbocycles. The number of nitrogens with zero attached hydrogens (tertiary/aromatic N) is 1. The SMILES string of the molecule is Cc1ccccc1CN(C)Cc1ccc(B2OC(C)(C)C(C)(C)O2)cc1. The van der Waals surface area contributed by atoms with Crippen LogP contribution in [0.5, 0.6) is 0 Å². The third kappa shape index (κ3) is 4.03. The van der Waals surface area contributed by atoms with E-state index in [-0.39, 0.29) is 18.3 Å². The Bertz CT molecular complexity index is 739. The van der Waals surface area contributed by atoms with E-state index in [0.29, 0.717) is 0 Å². The summed E-state index contributed by atoms with van der Waals surface area (Å²) in [6.45, 7) is 12.4. The molecule has 3 rings (SSSR count). The van der Waals surface area contributed by atoms with Crippen LogP contribution in [0.15, 0.2) is 48.5 Å². The van der Waals surface area contributed by atoms with E-state index in [2.05, 4.69) is 95.1 Å². The minimum atomic E-state index is -0.301. The molecule has 0 aromatic heterocycles. The lowest BCUT2D eigenvalue weighted by molar-refractivity contribution is 0.00578. The predicted molar refractivity (Wildman–Crippen MR) is 109 cm³/mol. The number of rotatable bonds is 5. The summed E-state index contributed by atoms with van der Waals surface area (Å²) in [6, 6.07) is 17.2. The van der Waals surface area contributed by atoms with Crippen molar-refractivity contribution in [1.82, 2.24) is 4.90 Å². The molecule has 0 amide bonds. The molecular weight excluding hydrogens is 321 g/mol. The van der Waals surface area contributed by atoms with Crippen molar-refractivity contribution in [3.8, 4) is 0 Å². The van der Waals surface area contributed by atoms with Gasteiger partial charge < -0.3 is 9.31 Å². The molecule has 1 heterocycles. The zero-order chi connectivity index (χ0) is 18.9. The molecule has 0 atom stereocenters. The van der Waals surface area contributed by atoms with E-state index < -0.39 is 0 Å². The summed E-state index contributed by atoms with van der Waals surface area (Å²) in [5.74, 6) is 0. The number of aryl methyl sites for hydroxylation is 1. The minimum absolute atomic E-state index is 0.293. The molecule has 26 heavy (non-hydrogen) atoms. The third-order valence-corrected chi connectivity index (χ3v) is 5.66. The third-order valence-electron chi connectivity index (χ3n) is 5.66. The van der Waals surface area contributed by atoms with Crippen molar-refractivity contribution >= 4 is 12.6 Å². The maximum atomic E-state index is 6.13. The Balaban J connectivity index is 1.62. The van der Waals surface area contributed by atoms with Crippen LogP contribution in [0.25, 0.3) is 0 Å². The smallest absolute Gasteiger partial charge is 0.399 e. The van der Waals surface area contributed by atoms with E-state index in [0.717, 1.165) is 18.6 Å². The van der Waals surface area contributed by atoms with Gasteiger partial charge in [-0.3, -0.25) is 4.90 Å². The second-order valence-electron chi connectivity index (χ2n) is 8.43. The van der Waals surface area contributed by atoms with Crippen LogP contribution < -0.4 is 5.46 Å². The Morgan fingerprint density at radius 3 is 2.00 bits per heavy atom. The van der Waals surface area contributed by atoms with Gasteiger partial charge >= 0.3 is 7.12 Å². The zero-order valence-corrected chi connectivity index (χ0v) is 16.9. The van der Waals surface area contributed by atoms with Crippen molar-refractivity contribution in [1.29, 1.82) is 0 Å². The van der Waals surface area contributed by atoms with Gasteiger partial charge in [-0.25, -0.2) is 0 Å².